The number of benzene rings is 1. The minimum absolute atomic E-state index is 0.0790. The van der Waals surface area contributed by atoms with Crippen LogP contribution in [-0.2, 0) is 0 Å². The fourth-order valence-electron chi connectivity index (χ4n) is 3.08. The van der Waals surface area contributed by atoms with E-state index in [2.05, 4.69) is 62.1 Å². The first-order chi connectivity index (χ1) is 8.96. The van der Waals surface area contributed by atoms with Gasteiger partial charge in [0.2, 0.25) is 0 Å². The van der Waals surface area contributed by atoms with E-state index in [1.807, 2.05) is 0 Å². The molecule has 0 saturated heterocycles. The smallest absolute Gasteiger partial charge is 0.0412 e. The van der Waals surface area contributed by atoms with Gasteiger partial charge in [0.25, 0.3) is 0 Å². The van der Waals surface area contributed by atoms with Crippen LogP contribution in [0.5, 0.6) is 0 Å². The van der Waals surface area contributed by atoms with Gasteiger partial charge in [0, 0.05) is 30.9 Å². The van der Waals surface area contributed by atoms with Crippen molar-refractivity contribution in [2.45, 2.75) is 37.8 Å². The summed E-state index contributed by atoms with van der Waals surface area (Å²) in [6, 6.07) is 8.57. The Morgan fingerprint density at radius 1 is 1.21 bits per heavy atom. The predicted molar refractivity (Wildman–Crippen MR) is 82.6 cm³/mol. The van der Waals surface area contributed by atoms with Crippen molar-refractivity contribution in [1.82, 2.24) is 4.90 Å². The van der Waals surface area contributed by atoms with Crippen molar-refractivity contribution in [3.8, 4) is 0 Å². The Balaban J connectivity index is 2.18. The van der Waals surface area contributed by atoms with Gasteiger partial charge in [0.15, 0.2) is 0 Å². The molecule has 1 aromatic rings. The molecular formula is C16H27N3. The summed E-state index contributed by atoms with van der Waals surface area (Å²) in [5.74, 6) is 0. The molecule has 0 spiro atoms. The molecule has 0 aromatic heterocycles. The van der Waals surface area contributed by atoms with E-state index in [-0.39, 0.29) is 6.04 Å². The molecule has 1 aromatic carbocycles. The highest BCUT2D eigenvalue weighted by molar-refractivity contribution is 5.54. The van der Waals surface area contributed by atoms with Gasteiger partial charge in [-0.05, 0) is 51.9 Å². The molecule has 0 heterocycles. The molecule has 2 N–H and O–H groups in total. The molecular weight excluding hydrogens is 234 g/mol. The van der Waals surface area contributed by atoms with E-state index >= 15 is 0 Å². The average molecular weight is 261 g/mol. The molecule has 3 heteroatoms. The fraction of sp³-hybridized carbons (Fsp3) is 0.625. The van der Waals surface area contributed by atoms with Crippen LogP contribution in [0.25, 0.3) is 0 Å². The number of likely N-dealkylation sites (N-methyl/N-ethyl adjacent to an activating group) is 2. The minimum atomic E-state index is 0.0790. The largest absolute Gasteiger partial charge is 0.372 e. The van der Waals surface area contributed by atoms with Crippen molar-refractivity contribution in [3.05, 3.63) is 29.8 Å². The van der Waals surface area contributed by atoms with Crippen molar-refractivity contribution >= 4 is 5.69 Å². The fourth-order valence-corrected chi connectivity index (χ4v) is 3.08. The topological polar surface area (TPSA) is 32.5 Å². The predicted octanol–water partition coefficient (Wildman–Crippen LogP) is 2.63. The number of nitrogens with zero attached hydrogens (tertiary/aromatic N) is 2. The van der Waals surface area contributed by atoms with Gasteiger partial charge in [-0.15, -0.1) is 0 Å². The van der Waals surface area contributed by atoms with Crippen molar-refractivity contribution in [1.29, 1.82) is 0 Å². The Morgan fingerprint density at radius 3 is 2.32 bits per heavy atom. The summed E-state index contributed by atoms with van der Waals surface area (Å²) in [6.45, 7) is 3.13. The van der Waals surface area contributed by atoms with Crippen molar-refractivity contribution in [2.75, 3.05) is 32.6 Å². The zero-order valence-corrected chi connectivity index (χ0v) is 12.7. The van der Waals surface area contributed by atoms with Gasteiger partial charge >= 0.3 is 0 Å². The van der Waals surface area contributed by atoms with E-state index in [0.717, 1.165) is 6.54 Å². The van der Waals surface area contributed by atoms with Crippen molar-refractivity contribution < 1.29 is 0 Å². The lowest BCUT2D eigenvalue weighted by atomic mass is 9.75. The maximum absolute atomic E-state index is 6.09. The lowest BCUT2D eigenvalue weighted by Gasteiger charge is -2.49. The van der Waals surface area contributed by atoms with E-state index in [0.29, 0.717) is 5.54 Å². The Bertz CT molecular complexity index is 422. The molecule has 3 nitrogen and oxygen atoms in total. The second kappa shape index (κ2) is 5.51. The van der Waals surface area contributed by atoms with Crippen LogP contribution < -0.4 is 10.6 Å². The standard InChI is InChI=1S/C16H27N3/c1-13(17)14-8-5-6-9-15(14)19(4)12-16(18(2)3)10-7-11-16/h5-6,8-9,13H,7,10-12,17H2,1-4H3/t13-/m0/s1. The first kappa shape index (κ1) is 14.4. The first-order valence-electron chi connectivity index (χ1n) is 7.19. The van der Waals surface area contributed by atoms with Crippen LogP contribution in [-0.4, -0.2) is 38.1 Å². The van der Waals surface area contributed by atoms with E-state index < -0.39 is 0 Å². The highest BCUT2D eigenvalue weighted by atomic mass is 15.2. The Kier molecular flexibility index (Phi) is 4.16. The van der Waals surface area contributed by atoms with Gasteiger partial charge in [0.05, 0.1) is 0 Å². The van der Waals surface area contributed by atoms with E-state index in [1.165, 1.54) is 30.5 Å². The number of rotatable bonds is 5. The minimum Gasteiger partial charge on any atom is -0.372 e. The van der Waals surface area contributed by atoms with E-state index in [1.54, 1.807) is 0 Å². The molecule has 0 amide bonds. The number of para-hydroxylation sites is 1. The third-order valence-electron chi connectivity index (χ3n) is 4.60. The summed E-state index contributed by atoms with van der Waals surface area (Å²) in [4.78, 5) is 4.76. The van der Waals surface area contributed by atoms with Gasteiger partial charge in [-0.25, -0.2) is 0 Å². The lowest BCUT2D eigenvalue weighted by Crippen LogP contribution is -2.56. The van der Waals surface area contributed by atoms with Crippen LogP contribution in [0, 0.1) is 0 Å². The van der Waals surface area contributed by atoms with Gasteiger partial charge < -0.3 is 15.5 Å². The van der Waals surface area contributed by atoms with Crippen molar-refractivity contribution in [3.63, 3.8) is 0 Å². The molecule has 0 bridgehead atoms. The number of anilines is 1. The SMILES string of the molecule is C[C@H](N)c1ccccc1N(C)CC1(N(C)C)CCC1. The van der Waals surface area contributed by atoms with Crippen LogP contribution in [0.15, 0.2) is 24.3 Å². The maximum Gasteiger partial charge on any atom is 0.0412 e. The van der Waals surface area contributed by atoms with E-state index in [4.69, 9.17) is 5.73 Å². The molecule has 0 radical (unpaired) electrons. The Labute approximate surface area is 117 Å². The zero-order valence-electron chi connectivity index (χ0n) is 12.7. The monoisotopic (exact) mass is 261 g/mol. The van der Waals surface area contributed by atoms with Crippen LogP contribution in [0.1, 0.15) is 37.8 Å². The molecule has 106 valence electrons. The summed E-state index contributed by atoms with van der Waals surface area (Å²) in [5.41, 5.74) is 8.94. The van der Waals surface area contributed by atoms with Crippen LogP contribution in [0.2, 0.25) is 0 Å². The maximum atomic E-state index is 6.09. The molecule has 0 aliphatic heterocycles. The highest BCUT2D eigenvalue weighted by Gasteiger charge is 2.40. The molecule has 1 aliphatic carbocycles. The van der Waals surface area contributed by atoms with E-state index in [9.17, 15) is 0 Å². The van der Waals surface area contributed by atoms with Crippen LogP contribution >= 0.6 is 0 Å². The van der Waals surface area contributed by atoms with Gasteiger partial charge in [-0.1, -0.05) is 18.2 Å². The molecule has 1 fully saturated rings. The zero-order chi connectivity index (χ0) is 14.0. The second-order valence-corrected chi connectivity index (χ2v) is 6.18. The summed E-state index contributed by atoms with van der Waals surface area (Å²) >= 11 is 0. The van der Waals surface area contributed by atoms with Crippen LogP contribution in [0.3, 0.4) is 0 Å². The second-order valence-electron chi connectivity index (χ2n) is 6.18. The normalized spacial score (nSPS) is 19.1. The summed E-state index contributed by atoms with van der Waals surface area (Å²) in [7, 11) is 6.58. The summed E-state index contributed by atoms with van der Waals surface area (Å²) in [5, 5.41) is 0. The van der Waals surface area contributed by atoms with Crippen LogP contribution in [0.4, 0.5) is 5.69 Å². The third kappa shape index (κ3) is 2.77. The molecule has 2 rings (SSSR count). The number of hydrogen-bond donors (Lipinski definition) is 1. The molecule has 0 unspecified atom stereocenters. The lowest BCUT2D eigenvalue weighted by molar-refractivity contribution is 0.0683. The number of nitrogens with two attached hydrogens (primary N) is 1. The summed E-state index contributed by atoms with van der Waals surface area (Å²) in [6.07, 6.45) is 3.94. The van der Waals surface area contributed by atoms with Crippen molar-refractivity contribution in [2.24, 2.45) is 5.73 Å². The molecule has 1 atom stereocenters. The molecule has 1 aliphatic rings. The number of hydrogen-bond acceptors (Lipinski definition) is 3. The molecule has 1 saturated carbocycles. The van der Waals surface area contributed by atoms with Gasteiger partial charge in [-0.2, -0.15) is 0 Å². The quantitative estimate of drug-likeness (QED) is 0.884. The van der Waals surface area contributed by atoms with Gasteiger partial charge in [-0.3, -0.25) is 0 Å². The Morgan fingerprint density at radius 2 is 1.84 bits per heavy atom. The third-order valence-corrected chi connectivity index (χ3v) is 4.60. The molecule has 19 heavy (non-hydrogen) atoms. The van der Waals surface area contributed by atoms with Gasteiger partial charge in [0.1, 0.15) is 0 Å². The summed E-state index contributed by atoms with van der Waals surface area (Å²) < 4.78 is 0. The first-order valence-corrected chi connectivity index (χ1v) is 7.19. The highest BCUT2D eigenvalue weighted by Crippen LogP contribution is 2.38. The average Bonchev–Trinajstić information content (AvgIpc) is 2.33. The Hall–Kier alpha value is -1.06.